The normalized spacial score (nSPS) is 11.6. The molecule has 0 saturated carbocycles. The molecule has 4 heteroatoms. The lowest BCUT2D eigenvalue weighted by Crippen LogP contribution is -2.39. The van der Waals surface area contributed by atoms with Crippen LogP contribution in [-0.4, -0.2) is 30.1 Å². The van der Waals surface area contributed by atoms with E-state index < -0.39 is 0 Å². The van der Waals surface area contributed by atoms with E-state index in [1.165, 1.54) is 0 Å². The molecule has 2 N–H and O–H groups in total. The molecule has 0 spiro atoms. The molecule has 0 heterocycles. The van der Waals surface area contributed by atoms with Gasteiger partial charge in [0, 0.05) is 23.1 Å². The van der Waals surface area contributed by atoms with Gasteiger partial charge in [-0.25, -0.2) is 0 Å². The highest BCUT2D eigenvalue weighted by molar-refractivity contribution is 9.10. The molecule has 0 saturated heterocycles. The molecule has 1 aromatic carbocycles. The lowest BCUT2D eigenvalue weighted by atomic mass is 10.2. The summed E-state index contributed by atoms with van der Waals surface area (Å²) in [4.78, 5) is 2.40. The van der Waals surface area contributed by atoms with Crippen molar-refractivity contribution in [2.24, 2.45) is 0 Å². The molecule has 0 aliphatic rings. The summed E-state index contributed by atoms with van der Waals surface area (Å²) >= 11 is 3.42. The molecule has 1 rings (SSSR count). The maximum absolute atomic E-state index is 5.87. The average Bonchev–Trinajstić information content (AvgIpc) is 2.27. The molecule has 0 aliphatic heterocycles. The highest BCUT2D eigenvalue weighted by atomic mass is 79.9. The summed E-state index contributed by atoms with van der Waals surface area (Å²) in [5.74, 6) is 0.747. The first-order chi connectivity index (χ1) is 8.41. The Morgan fingerprint density at radius 1 is 1.22 bits per heavy atom. The van der Waals surface area contributed by atoms with E-state index >= 15 is 0 Å². The molecule has 102 valence electrons. The molecule has 1 aromatic rings. The van der Waals surface area contributed by atoms with Crippen LogP contribution in [0.5, 0.6) is 5.75 Å². The van der Waals surface area contributed by atoms with Gasteiger partial charge in [-0.1, -0.05) is 15.9 Å². The Kier molecular flexibility index (Phi) is 5.96. The fourth-order valence-corrected chi connectivity index (χ4v) is 2.35. The van der Waals surface area contributed by atoms with Crippen molar-refractivity contribution in [1.29, 1.82) is 0 Å². The third-order valence-electron chi connectivity index (χ3n) is 2.91. The minimum absolute atomic E-state index is 0.522. The van der Waals surface area contributed by atoms with Gasteiger partial charge in [-0.3, -0.25) is 4.90 Å². The third-order valence-corrected chi connectivity index (χ3v) is 3.40. The molecule has 0 unspecified atom stereocenters. The lowest BCUT2D eigenvalue weighted by molar-refractivity contribution is 0.142. The Labute approximate surface area is 118 Å². The van der Waals surface area contributed by atoms with Crippen LogP contribution < -0.4 is 10.5 Å². The SMILES string of the molecule is CC(C)N(CCOc1cc(Br)ccc1N)C(C)C. The summed E-state index contributed by atoms with van der Waals surface area (Å²) in [6.45, 7) is 10.4. The molecule has 3 nitrogen and oxygen atoms in total. The zero-order chi connectivity index (χ0) is 13.7. The van der Waals surface area contributed by atoms with Crippen LogP contribution in [0.15, 0.2) is 22.7 Å². The fraction of sp³-hybridized carbons (Fsp3) is 0.571. The van der Waals surface area contributed by atoms with E-state index in [0.29, 0.717) is 24.4 Å². The molecule has 18 heavy (non-hydrogen) atoms. The van der Waals surface area contributed by atoms with Crippen LogP contribution in [0.2, 0.25) is 0 Å². The second kappa shape index (κ2) is 7.00. The van der Waals surface area contributed by atoms with Gasteiger partial charge in [-0.2, -0.15) is 0 Å². The number of anilines is 1. The van der Waals surface area contributed by atoms with E-state index in [2.05, 4.69) is 48.5 Å². The van der Waals surface area contributed by atoms with Crippen LogP contribution in [0.4, 0.5) is 5.69 Å². The molecule has 0 fully saturated rings. The van der Waals surface area contributed by atoms with Crippen molar-refractivity contribution < 1.29 is 4.74 Å². The Morgan fingerprint density at radius 3 is 2.39 bits per heavy atom. The van der Waals surface area contributed by atoms with E-state index in [1.807, 2.05) is 18.2 Å². The summed E-state index contributed by atoms with van der Waals surface area (Å²) in [5, 5.41) is 0. The van der Waals surface area contributed by atoms with Crippen LogP contribution in [0.25, 0.3) is 0 Å². The van der Waals surface area contributed by atoms with Crippen LogP contribution in [0.1, 0.15) is 27.7 Å². The number of hydrogen-bond acceptors (Lipinski definition) is 3. The Bertz CT molecular complexity index is 372. The summed E-state index contributed by atoms with van der Waals surface area (Å²) in [5.41, 5.74) is 6.55. The fourth-order valence-electron chi connectivity index (χ4n) is 2.01. The average molecular weight is 315 g/mol. The van der Waals surface area contributed by atoms with Crippen LogP contribution >= 0.6 is 15.9 Å². The third kappa shape index (κ3) is 4.50. The van der Waals surface area contributed by atoms with E-state index in [4.69, 9.17) is 10.5 Å². The van der Waals surface area contributed by atoms with Gasteiger partial charge in [0.1, 0.15) is 12.4 Å². The Morgan fingerprint density at radius 2 is 1.83 bits per heavy atom. The second-order valence-corrected chi connectivity index (χ2v) is 5.87. The summed E-state index contributed by atoms with van der Waals surface area (Å²) in [7, 11) is 0. The van der Waals surface area contributed by atoms with Crippen molar-refractivity contribution in [3.05, 3.63) is 22.7 Å². The highest BCUT2D eigenvalue weighted by Gasteiger charge is 2.13. The number of benzene rings is 1. The molecule has 0 aromatic heterocycles. The topological polar surface area (TPSA) is 38.5 Å². The number of hydrogen-bond donors (Lipinski definition) is 1. The van der Waals surface area contributed by atoms with Gasteiger partial charge in [0.05, 0.1) is 5.69 Å². The zero-order valence-corrected chi connectivity index (χ0v) is 13.2. The first kappa shape index (κ1) is 15.3. The quantitative estimate of drug-likeness (QED) is 0.816. The van der Waals surface area contributed by atoms with Gasteiger partial charge in [0.25, 0.3) is 0 Å². The van der Waals surface area contributed by atoms with Gasteiger partial charge < -0.3 is 10.5 Å². The molecule has 0 atom stereocenters. The predicted octanol–water partition coefficient (Wildman–Crippen LogP) is 3.53. The largest absolute Gasteiger partial charge is 0.490 e. The first-order valence-electron chi connectivity index (χ1n) is 6.35. The Hall–Kier alpha value is -0.740. The molecular weight excluding hydrogens is 292 g/mol. The summed E-state index contributed by atoms with van der Waals surface area (Å²) in [6.07, 6.45) is 0. The molecule has 0 amide bonds. The summed E-state index contributed by atoms with van der Waals surface area (Å²) in [6, 6.07) is 6.71. The molecule has 0 bridgehead atoms. The number of ether oxygens (including phenoxy) is 1. The lowest BCUT2D eigenvalue weighted by Gasteiger charge is -2.30. The number of nitrogens with two attached hydrogens (primary N) is 1. The number of halogens is 1. The van der Waals surface area contributed by atoms with E-state index in [1.54, 1.807) is 0 Å². The van der Waals surface area contributed by atoms with Crippen molar-refractivity contribution >= 4 is 21.6 Å². The van der Waals surface area contributed by atoms with Crippen molar-refractivity contribution in [1.82, 2.24) is 4.90 Å². The predicted molar refractivity (Wildman–Crippen MR) is 81.0 cm³/mol. The van der Waals surface area contributed by atoms with E-state index in [9.17, 15) is 0 Å². The summed E-state index contributed by atoms with van der Waals surface area (Å²) < 4.78 is 6.73. The van der Waals surface area contributed by atoms with Crippen molar-refractivity contribution in [3.63, 3.8) is 0 Å². The standard InChI is InChI=1S/C14H23BrN2O/c1-10(2)17(11(3)4)7-8-18-14-9-12(15)5-6-13(14)16/h5-6,9-11H,7-8,16H2,1-4H3. The number of rotatable bonds is 6. The second-order valence-electron chi connectivity index (χ2n) is 4.96. The van der Waals surface area contributed by atoms with Crippen LogP contribution in [0, 0.1) is 0 Å². The van der Waals surface area contributed by atoms with Crippen molar-refractivity contribution in [2.75, 3.05) is 18.9 Å². The van der Waals surface area contributed by atoms with Crippen molar-refractivity contribution in [2.45, 2.75) is 39.8 Å². The van der Waals surface area contributed by atoms with E-state index in [0.717, 1.165) is 16.8 Å². The van der Waals surface area contributed by atoms with Gasteiger partial charge in [0.2, 0.25) is 0 Å². The van der Waals surface area contributed by atoms with Gasteiger partial charge in [0.15, 0.2) is 0 Å². The minimum Gasteiger partial charge on any atom is -0.490 e. The molecular formula is C14H23BrN2O. The van der Waals surface area contributed by atoms with Gasteiger partial charge in [-0.15, -0.1) is 0 Å². The van der Waals surface area contributed by atoms with Gasteiger partial charge >= 0.3 is 0 Å². The number of nitrogens with zero attached hydrogens (tertiary/aromatic N) is 1. The van der Waals surface area contributed by atoms with Crippen LogP contribution in [-0.2, 0) is 0 Å². The monoisotopic (exact) mass is 314 g/mol. The zero-order valence-electron chi connectivity index (χ0n) is 11.6. The minimum atomic E-state index is 0.522. The van der Waals surface area contributed by atoms with Gasteiger partial charge in [-0.05, 0) is 45.9 Å². The Balaban J connectivity index is 2.52. The van der Waals surface area contributed by atoms with Crippen molar-refractivity contribution in [3.8, 4) is 5.75 Å². The molecule has 0 radical (unpaired) electrons. The smallest absolute Gasteiger partial charge is 0.143 e. The maximum atomic E-state index is 5.87. The molecule has 0 aliphatic carbocycles. The van der Waals surface area contributed by atoms with E-state index in [-0.39, 0.29) is 0 Å². The number of nitrogen functional groups attached to an aromatic ring is 1. The maximum Gasteiger partial charge on any atom is 0.143 e. The van der Waals surface area contributed by atoms with Crippen LogP contribution in [0.3, 0.4) is 0 Å². The highest BCUT2D eigenvalue weighted by Crippen LogP contribution is 2.25. The first-order valence-corrected chi connectivity index (χ1v) is 7.14.